The summed E-state index contributed by atoms with van der Waals surface area (Å²) in [5, 5.41) is 11.9. The van der Waals surface area contributed by atoms with Crippen LogP contribution in [-0.4, -0.2) is 36.2 Å². The summed E-state index contributed by atoms with van der Waals surface area (Å²) in [5.41, 5.74) is 1.02. The third-order valence-corrected chi connectivity index (χ3v) is 2.67. The van der Waals surface area contributed by atoms with Crippen LogP contribution in [0.25, 0.3) is 0 Å². The van der Waals surface area contributed by atoms with Gasteiger partial charge in [-0.2, -0.15) is 0 Å². The molecule has 104 valence electrons. The molecular formula is C13H16ClNO4. The van der Waals surface area contributed by atoms with E-state index in [0.717, 1.165) is 5.56 Å². The van der Waals surface area contributed by atoms with E-state index in [9.17, 15) is 9.59 Å². The number of carbonyl (C=O) groups excluding carboxylic acids is 1. The van der Waals surface area contributed by atoms with Crippen molar-refractivity contribution in [3.05, 3.63) is 34.9 Å². The number of carboxylic acid groups (broad SMARTS) is 1. The van der Waals surface area contributed by atoms with Gasteiger partial charge >= 0.3 is 5.97 Å². The van der Waals surface area contributed by atoms with E-state index in [1.165, 1.54) is 6.92 Å². The standard InChI is InChI=1S/C13H16ClNO4/c1-9(13(17)18)19-8-12(16)15-6-5-10-3-2-4-11(14)7-10/h2-4,7,9H,5-6,8H2,1H3,(H,15,16)(H,17,18)/t9-/m1/s1. The Bertz CT molecular complexity index is 450. The van der Waals surface area contributed by atoms with Crippen molar-refractivity contribution >= 4 is 23.5 Å². The molecule has 5 nitrogen and oxygen atoms in total. The van der Waals surface area contributed by atoms with Crippen LogP contribution in [0.1, 0.15) is 12.5 Å². The van der Waals surface area contributed by atoms with Crippen molar-refractivity contribution < 1.29 is 19.4 Å². The lowest BCUT2D eigenvalue weighted by molar-refractivity contribution is -0.150. The molecule has 6 heteroatoms. The summed E-state index contributed by atoms with van der Waals surface area (Å²) in [7, 11) is 0. The van der Waals surface area contributed by atoms with Crippen LogP contribution >= 0.6 is 11.6 Å². The topological polar surface area (TPSA) is 75.6 Å². The van der Waals surface area contributed by atoms with Gasteiger partial charge in [0.2, 0.25) is 5.91 Å². The molecule has 1 amide bonds. The van der Waals surface area contributed by atoms with Gasteiger partial charge < -0.3 is 15.2 Å². The monoisotopic (exact) mass is 285 g/mol. The number of benzene rings is 1. The zero-order chi connectivity index (χ0) is 14.3. The third kappa shape index (κ3) is 6.22. The lowest BCUT2D eigenvalue weighted by Crippen LogP contribution is -2.32. The molecule has 0 bridgehead atoms. The third-order valence-electron chi connectivity index (χ3n) is 2.44. The summed E-state index contributed by atoms with van der Waals surface area (Å²) in [6.07, 6.45) is -0.334. The molecule has 1 atom stereocenters. The molecule has 0 unspecified atom stereocenters. The minimum Gasteiger partial charge on any atom is -0.479 e. The first-order chi connectivity index (χ1) is 8.99. The highest BCUT2D eigenvalue weighted by molar-refractivity contribution is 6.30. The Balaban J connectivity index is 2.22. The Morgan fingerprint density at radius 1 is 1.47 bits per heavy atom. The number of nitrogens with one attached hydrogen (secondary N) is 1. The Hall–Kier alpha value is -1.59. The number of halogens is 1. The molecule has 0 spiro atoms. The molecule has 0 aliphatic rings. The van der Waals surface area contributed by atoms with Crippen LogP contribution in [0.2, 0.25) is 5.02 Å². The van der Waals surface area contributed by atoms with Gasteiger partial charge in [-0.15, -0.1) is 0 Å². The highest BCUT2D eigenvalue weighted by atomic mass is 35.5. The Morgan fingerprint density at radius 2 is 2.21 bits per heavy atom. The van der Waals surface area contributed by atoms with E-state index >= 15 is 0 Å². The van der Waals surface area contributed by atoms with Gasteiger partial charge in [-0.1, -0.05) is 23.7 Å². The van der Waals surface area contributed by atoms with Crippen molar-refractivity contribution in [1.29, 1.82) is 0 Å². The van der Waals surface area contributed by atoms with Crippen LogP contribution in [0.15, 0.2) is 24.3 Å². The van der Waals surface area contributed by atoms with E-state index in [1.54, 1.807) is 6.07 Å². The smallest absolute Gasteiger partial charge is 0.332 e. The van der Waals surface area contributed by atoms with Crippen LogP contribution in [0.3, 0.4) is 0 Å². The van der Waals surface area contributed by atoms with Crippen LogP contribution in [-0.2, 0) is 20.7 Å². The van der Waals surface area contributed by atoms with Gasteiger partial charge in [0.15, 0.2) is 6.10 Å². The van der Waals surface area contributed by atoms with Gasteiger partial charge in [0.25, 0.3) is 0 Å². The summed E-state index contributed by atoms with van der Waals surface area (Å²) < 4.78 is 4.85. The van der Waals surface area contributed by atoms with Crippen LogP contribution < -0.4 is 5.32 Å². The highest BCUT2D eigenvalue weighted by Crippen LogP contribution is 2.10. The van der Waals surface area contributed by atoms with E-state index in [1.807, 2.05) is 18.2 Å². The summed E-state index contributed by atoms with van der Waals surface area (Å²) >= 11 is 5.84. The van der Waals surface area contributed by atoms with Gasteiger partial charge in [-0.3, -0.25) is 4.79 Å². The predicted molar refractivity (Wildman–Crippen MR) is 71.2 cm³/mol. The highest BCUT2D eigenvalue weighted by Gasteiger charge is 2.12. The number of aliphatic carboxylic acids is 1. The molecule has 1 rings (SSSR count). The fourth-order valence-corrected chi connectivity index (χ4v) is 1.57. The van der Waals surface area contributed by atoms with E-state index in [4.69, 9.17) is 21.4 Å². The predicted octanol–water partition coefficient (Wildman–Crippen LogP) is 1.49. The Labute approximate surface area is 116 Å². The summed E-state index contributed by atoms with van der Waals surface area (Å²) in [4.78, 5) is 21.8. The molecule has 0 fully saturated rings. The zero-order valence-corrected chi connectivity index (χ0v) is 11.3. The Kier molecular flexibility index (Phi) is 6.32. The van der Waals surface area contributed by atoms with Crippen molar-refractivity contribution in [1.82, 2.24) is 5.32 Å². The molecule has 0 aromatic heterocycles. The van der Waals surface area contributed by atoms with Gasteiger partial charge in [-0.05, 0) is 31.0 Å². The maximum atomic E-state index is 11.4. The van der Waals surface area contributed by atoms with Crippen molar-refractivity contribution in [2.75, 3.05) is 13.2 Å². The second kappa shape index (κ2) is 7.76. The van der Waals surface area contributed by atoms with Crippen molar-refractivity contribution in [2.45, 2.75) is 19.4 Å². The lowest BCUT2D eigenvalue weighted by atomic mass is 10.1. The summed E-state index contributed by atoms with van der Waals surface area (Å²) in [6, 6.07) is 7.37. The Morgan fingerprint density at radius 3 is 2.84 bits per heavy atom. The first-order valence-electron chi connectivity index (χ1n) is 5.84. The minimum atomic E-state index is -1.09. The van der Waals surface area contributed by atoms with Crippen molar-refractivity contribution in [3.8, 4) is 0 Å². The first kappa shape index (κ1) is 15.5. The second-order valence-corrected chi connectivity index (χ2v) is 4.46. The molecule has 0 aliphatic heterocycles. The molecule has 0 aliphatic carbocycles. The van der Waals surface area contributed by atoms with Crippen LogP contribution in [0, 0.1) is 0 Å². The van der Waals surface area contributed by atoms with E-state index < -0.39 is 12.1 Å². The number of carboxylic acids is 1. The molecule has 0 radical (unpaired) electrons. The van der Waals surface area contributed by atoms with Crippen molar-refractivity contribution in [3.63, 3.8) is 0 Å². The quantitative estimate of drug-likeness (QED) is 0.796. The van der Waals surface area contributed by atoms with E-state index in [0.29, 0.717) is 18.0 Å². The van der Waals surface area contributed by atoms with Crippen LogP contribution in [0.4, 0.5) is 0 Å². The van der Waals surface area contributed by atoms with Crippen molar-refractivity contribution in [2.24, 2.45) is 0 Å². The van der Waals surface area contributed by atoms with Gasteiger partial charge in [0.05, 0.1) is 0 Å². The summed E-state index contributed by atoms with van der Waals surface area (Å²) in [5.74, 6) is -1.43. The van der Waals surface area contributed by atoms with Gasteiger partial charge in [0.1, 0.15) is 6.61 Å². The van der Waals surface area contributed by atoms with E-state index in [-0.39, 0.29) is 12.5 Å². The number of hydrogen-bond donors (Lipinski definition) is 2. The molecule has 1 aromatic rings. The molecular weight excluding hydrogens is 270 g/mol. The normalized spacial score (nSPS) is 11.9. The van der Waals surface area contributed by atoms with Gasteiger partial charge in [-0.25, -0.2) is 4.79 Å². The minimum absolute atomic E-state index is 0.261. The number of carbonyl (C=O) groups is 2. The zero-order valence-electron chi connectivity index (χ0n) is 10.6. The summed E-state index contributed by atoms with van der Waals surface area (Å²) in [6.45, 7) is 1.56. The molecule has 2 N–H and O–H groups in total. The fraction of sp³-hybridized carbons (Fsp3) is 0.385. The number of hydrogen-bond acceptors (Lipinski definition) is 3. The first-order valence-corrected chi connectivity index (χ1v) is 6.22. The van der Waals surface area contributed by atoms with Gasteiger partial charge in [0, 0.05) is 11.6 Å². The lowest BCUT2D eigenvalue weighted by Gasteiger charge is -2.09. The number of rotatable bonds is 7. The van der Waals surface area contributed by atoms with E-state index in [2.05, 4.69) is 5.32 Å². The molecule has 0 saturated carbocycles. The fourth-order valence-electron chi connectivity index (χ4n) is 1.36. The molecule has 0 heterocycles. The molecule has 1 aromatic carbocycles. The molecule has 19 heavy (non-hydrogen) atoms. The number of ether oxygens (including phenoxy) is 1. The SMILES string of the molecule is C[C@@H](OCC(=O)NCCc1cccc(Cl)c1)C(=O)O. The average Bonchev–Trinajstić information content (AvgIpc) is 2.36. The van der Waals surface area contributed by atoms with Crippen LogP contribution in [0.5, 0.6) is 0 Å². The maximum absolute atomic E-state index is 11.4. The largest absolute Gasteiger partial charge is 0.479 e. The second-order valence-electron chi connectivity index (χ2n) is 4.02. The average molecular weight is 286 g/mol. The number of amides is 1. The molecule has 0 saturated heterocycles. The maximum Gasteiger partial charge on any atom is 0.332 e.